The molecule has 2 aromatic rings. The third-order valence-corrected chi connectivity index (χ3v) is 3.48. The van der Waals surface area contributed by atoms with Crippen LogP contribution in [0.25, 0.3) is 0 Å². The number of carbonyl (C=O) groups is 2. The van der Waals surface area contributed by atoms with Gasteiger partial charge in [-0.2, -0.15) is 0 Å². The molecule has 0 unspecified atom stereocenters. The number of hydrogen-bond acceptors (Lipinski definition) is 4. The van der Waals surface area contributed by atoms with E-state index in [2.05, 4.69) is 5.32 Å². The van der Waals surface area contributed by atoms with Crippen LogP contribution in [0.1, 0.15) is 21.5 Å². The van der Waals surface area contributed by atoms with Crippen LogP contribution in [0.4, 0.5) is 8.78 Å². The van der Waals surface area contributed by atoms with E-state index in [1.807, 2.05) is 0 Å². The van der Waals surface area contributed by atoms with Gasteiger partial charge in [0.15, 0.2) is 6.61 Å². The zero-order valence-electron chi connectivity index (χ0n) is 13.8. The summed E-state index contributed by atoms with van der Waals surface area (Å²) in [7, 11) is 1.51. The highest BCUT2D eigenvalue weighted by Gasteiger charge is 2.13. The van der Waals surface area contributed by atoms with E-state index in [0.29, 0.717) is 16.9 Å². The van der Waals surface area contributed by atoms with Crippen LogP contribution < -0.4 is 10.1 Å². The maximum atomic E-state index is 13.5. The summed E-state index contributed by atoms with van der Waals surface area (Å²) in [6, 6.07) is 7.89. The van der Waals surface area contributed by atoms with Crippen molar-refractivity contribution in [1.29, 1.82) is 0 Å². The van der Waals surface area contributed by atoms with Crippen molar-refractivity contribution in [3.63, 3.8) is 0 Å². The van der Waals surface area contributed by atoms with Crippen LogP contribution in [0.5, 0.6) is 5.75 Å². The molecule has 0 aliphatic carbocycles. The van der Waals surface area contributed by atoms with Crippen LogP contribution in [0.3, 0.4) is 0 Å². The Morgan fingerprint density at radius 3 is 2.52 bits per heavy atom. The van der Waals surface area contributed by atoms with E-state index < -0.39 is 30.1 Å². The smallest absolute Gasteiger partial charge is 0.338 e. The first-order valence-corrected chi connectivity index (χ1v) is 7.43. The van der Waals surface area contributed by atoms with Crippen LogP contribution in [0.15, 0.2) is 36.4 Å². The number of halogens is 2. The Bertz CT molecular complexity index is 793. The SMILES string of the molecule is COc1ccc(C(=O)OCC(=O)NCc2ccc(F)cc2F)c(C)c1. The molecule has 5 nitrogen and oxygen atoms in total. The van der Waals surface area contributed by atoms with Gasteiger partial charge in [-0.25, -0.2) is 13.6 Å². The van der Waals surface area contributed by atoms with Gasteiger partial charge in [0.1, 0.15) is 17.4 Å². The molecule has 0 spiro atoms. The lowest BCUT2D eigenvalue weighted by Gasteiger charge is -2.09. The van der Waals surface area contributed by atoms with Gasteiger partial charge >= 0.3 is 5.97 Å². The van der Waals surface area contributed by atoms with Crippen LogP contribution >= 0.6 is 0 Å². The van der Waals surface area contributed by atoms with Gasteiger partial charge in [0.25, 0.3) is 5.91 Å². The van der Waals surface area contributed by atoms with Crippen LogP contribution in [0, 0.1) is 18.6 Å². The maximum absolute atomic E-state index is 13.5. The number of esters is 1. The first-order valence-electron chi connectivity index (χ1n) is 7.43. The Labute approximate surface area is 143 Å². The topological polar surface area (TPSA) is 64.6 Å². The highest BCUT2D eigenvalue weighted by Crippen LogP contribution is 2.17. The molecule has 0 radical (unpaired) electrons. The highest BCUT2D eigenvalue weighted by atomic mass is 19.1. The number of methoxy groups -OCH3 is 1. The van der Waals surface area contributed by atoms with Crippen molar-refractivity contribution in [2.75, 3.05) is 13.7 Å². The Hall–Kier alpha value is -2.96. The molecule has 0 heterocycles. The average molecular weight is 349 g/mol. The summed E-state index contributed by atoms with van der Waals surface area (Å²) in [6.07, 6.45) is 0. The van der Waals surface area contributed by atoms with E-state index in [4.69, 9.17) is 9.47 Å². The summed E-state index contributed by atoms with van der Waals surface area (Å²) in [5.41, 5.74) is 1.10. The van der Waals surface area contributed by atoms with E-state index >= 15 is 0 Å². The molecular formula is C18H17F2NO4. The fourth-order valence-electron chi connectivity index (χ4n) is 2.11. The maximum Gasteiger partial charge on any atom is 0.338 e. The Morgan fingerprint density at radius 2 is 1.88 bits per heavy atom. The number of hydrogen-bond donors (Lipinski definition) is 1. The quantitative estimate of drug-likeness (QED) is 0.815. The lowest BCUT2D eigenvalue weighted by atomic mass is 10.1. The summed E-state index contributed by atoms with van der Waals surface area (Å²) in [5.74, 6) is -2.10. The molecule has 0 saturated carbocycles. The first-order chi connectivity index (χ1) is 11.9. The van der Waals surface area contributed by atoms with Crippen molar-refractivity contribution in [2.24, 2.45) is 0 Å². The lowest BCUT2D eigenvalue weighted by molar-refractivity contribution is -0.124. The van der Waals surface area contributed by atoms with Gasteiger partial charge < -0.3 is 14.8 Å². The normalized spacial score (nSPS) is 10.2. The molecule has 0 aromatic heterocycles. The highest BCUT2D eigenvalue weighted by molar-refractivity contribution is 5.92. The number of amides is 1. The average Bonchev–Trinajstić information content (AvgIpc) is 2.58. The van der Waals surface area contributed by atoms with Crippen LogP contribution in [0.2, 0.25) is 0 Å². The third-order valence-electron chi connectivity index (χ3n) is 3.48. The number of carbonyl (C=O) groups excluding carboxylic acids is 2. The number of benzene rings is 2. The second kappa shape index (κ2) is 8.23. The van der Waals surface area contributed by atoms with E-state index in [-0.39, 0.29) is 12.1 Å². The second-order valence-electron chi connectivity index (χ2n) is 5.27. The number of aryl methyl sites for hydroxylation is 1. The van der Waals surface area contributed by atoms with Crippen molar-refractivity contribution in [2.45, 2.75) is 13.5 Å². The summed E-state index contributed by atoms with van der Waals surface area (Å²) < 4.78 is 36.2. The zero-order valence-corrected chi connectivity index (χ0v) is 13.8. The Kier molecular flexibility index (Phi) is 6.05. The first kappa shape index (κ1) is 18.4. The molecule has 0 bridgehead atoms. The van der Waals surface area contributed by atoms with Gasteiger partial charge in [-0.1, -0.05) is 6.07 Å². The molecule has 0 atom stereocenters. The molecule has 2 aromatic carbocycles. The molecule has 25 heavy (non-hydrogen) atoms. The van der Waals surface area contributed by atoms with E-state index in [1.54, 1.807) is 25.1 Å². The molecular weight excluding hydrogens is 332 g/mol. The summed E-state index contributed by atoms with van der Waals surface area (Å²) >= 11 is 0. The second-order valence-corrected chi connectivity index (χ2v) is 5.27. The van der Waals surface area contributed by atoms with Crippen molar-refractivity contribution in [3.05, 3.63) is 64.7 Å². The van der Waals surface area contributed by atoms with Crippen molar-refractivity contribution in [3.8, 4) is 5.75 Å². The van der Waals surface area contributed by atoms with E-state index in [9.17, 15) is 18.4 Å². The third kappa shape index (κ3) is 5.00. The molecule has 0 fully saturated rings. The molecule has 0 aliphatic heterocycles. The van der Waals surface area contributed by atoms with Gasteiger partial charge in [0.05, 0.1) is 12.7 Å². The molecule has 7 heteroatoms. The minimum atomic E-state index is -0.758. The monoisotopic (exact) mass is 349 g/mol. The van der Waals surface area contributed by atoms with Gasteiger partial charge in [0.2, 0.25) is 0 Å². The predicted octanol–water partition coefficient (Wildman–Crippen LogP) is 2.76. The predicted molar refractivity (Wildman–Crippen MR) is 86.2 cm³/mol. The largest absolute Gasteiger partial charge is 0.497 e. The van der Waals surface area contributed by atoms with Crippen molar-refractivity contribution >= 4 is 11.9 Å². The Balaban J connectivity index is 1.86. The molecule has 1 amide bonds. The number of nitrogens with one attached hydrogen (secondary N) is 1. The summed E-state index contributed by atoms with van der Waals surface area (Å²) in [5, 5.41) is 2.40. The van der Waals surface area contributed by atoms with Crippen LogP contribution in [-0.2, 0) is 16.1 Å². The van der Waals surface area contributed by atoms with Crippen molar-refractivity contribution < 1.29 is 27.8 Å². The van der Waals surface area contributed by atoms with Gasteiger partial charge in [0, 0.05) is 18.2 Å². The minimum Gasteiger partial charge on any atom is -0.497 e. The van der Waals surface area contributed by atoms with Gasteiger partial charge in [-0.05, 0) is 36.8 Å². The molecule has 2 rings (SSSR count). The van der Waals surface area contributed by atoms with Crippen molar-refractivity contribution in [1.82, 2.24) is 5.32 Å². The van der Waals surface area contributed by atoms with Gasteiger partial charge in [-0.15, -0.1) is 0 Å². The number of rotatable bonds is 6. The van der Waals surface area contributed by atoms with Gasteiger partial charge in [-0.3, -0.25) is 4.79 Å². The van der Waals surface area contributed by atoms with E-state index in [0.717, 1.165) is 12.1 Å². The lowest BCUT2D eigenvalue weighted by Crippen LogP contribution is -2.28. The number of ether oxygens (including phenoxy) is 2. The summed E-state index contributed by atoms with van der Waals surface area (Å²) in [4.78, 5) is 23.7. The van der Waals surface area contributed by atoms with E-state index in [1.165, 1.54) is 13.2 Å². The minimum absolute atomic E-state index is 0.132. The summed E-state index contributed by atoms with van der Waals surface area (Å²) in [6.45, 7) is 1.08. The fraction of sp³-hybridized carbons (Fsp3) is 0.222. The molecule has 0 saturated heterocycles. The standard InChI is InChI=1S/C18H17F2NO4/c1-11-7-14(24-2)5-6-15(11)18(23)25-10-17(22)21-9-12-3-4-13(19)8-16(12)20/h3-8H,9-10H2,1-2H3,(H,21,22). The molecule has 0 aliphatic rings. The zero-order chi connectivity index (χ0) is 18.4. The fourth-order valence-corrected chi connectivity index (χ4v) is 2.11. The molecule has 132 valence electrons. The van der Waals surface area contributed by atoms with Crippen LogP contribution in [-0.4, -0.2) is 25.6 Å². The Morgan fingerprint density at radius 1 is 1.12 bits per heavy atom. The molecule has 1 N–H and O–H groups in total.